The lowest BCUT2D eigenvalue weighted by atomic mass is 9.56. The number of pyridine rings is 1. The molecule has 1 N–H and O–H groups in total. The number of benzene rings is 2. The number of hydrogen-bond acceptors (Lipinski definition) is 8. The number of anilines is 1. The van der Waals surface area contributed by atoms with E-state index in [1.54, 1.807) is 19.2 Å². The van der Waals surface area contributed by atoms with E-state index in [1.165, 1.54) is 35.7 Å². The molecule has 0 radical (unpaired) electrons. The molecular weight excluding hydrogens is 611 g/mol. The van der Waals surface area contributed by atoms with Gasteiger partial charge in [-0.3, -0.25) is 4.98 Å². The molecule has 3 atom stereocenters. The molecule has 1 aromatic heterocycles. The molecule has 47 heavy (non-hydrogen) atoms. The standard InChI is InChI=1S/C37H47N5O4S/c1-38-36(43)46-35-9-5-8-34(35)37(26-40(2)25-28-6-3-4-7-33(28)37)29-16-20-41(21-17-29)22-27-23-42(24-27)30-10-12-31(13-11-30)47(44,45)32-14-18-39-19-15-32/h3-4,6-7,10-15,18-19,27,29,34-35H,5,8-9,16-17,20-26H2,1-2H3,(H,38,43)/t34-,35-,37-/m1/s1. The first-order chi connectivity index (χ1) is 22.8. The van der Waals surface area contributed by atoms with Crippen molar-refractivity contribution in [3.63, 3.8) is 0 Å². The fourth-order valence-electron chi connectivity index (χ4n) is 9.19. The molecule has 2 saturated heterocycles. The fourth-order valence-corrected chi connectivity index (χ4v) is 10.4. The van der Waals surface area contributed by atoms with Crippen molar-refractivity contribution in [2.45, 2.75) is 60.0 Å². The Bertz CT molecular complexity index is 1660. The summed E-state index contributed by atoms with van der Waals surface area (Å²) >= 11 is 0. The summed E-state index contributed by atoms with van der Waals surface area (Å²) in [6, 6.07) is 19.4. The first kappa shape index (κ1) is 32.1. The zero-order valence-electron chi connectivity index (χ0n) is 27.6. The van der Waals surface area contributed by atoms with Crippen molar-refractivity contribution in [1.82, 2.24) is 20.1 Å². The third kappa shape index (κ3) is 6.16. The van der Waals surface area contributed by atoms with Crippen LogP contribution < -0.4 is 10.2 Å². The van der Waals surface area contributed by atoms with Gasteiger partial charge in [0, 0.05) is 75.1 Å². The maximum absolute atomic E-state index is 13.0. The molecule has 3 aliphatic heterocycles. The normalized spacial score (nSPS) is 26.0. The van der Waals surface area contributed by atoms with Crippen LogP contribution in [-0.2, 0) is 26.5 Å². The van der Waals surface area contributed by atoms with Crippen molar-refractivity contribution in [2.24, 2.45) is 17.8 Å². The Labute approximate surface area is 279 Å². The molecule has 250 valence electrons. The summed E-state index contributed by atoms with van der Waals surface area (Å²) in [5.74, 6) is 1.44. The zero-order chi connectivity index (χ0) is 32.6. The maximum atomic E-state index is 13.0. The van der Waals surface area contributed by atoms with E-state index in [-0.39, 0.29) is 22.5 Å². The second-order valence-electron chi connectivity index (χ2n) is 14.1. The Hall–Kier alpha value is -3.47. The van der Waals surface area contributed by atoms with Crippen molar-refractivity contribution in [3.8, 4) is 0 Å². The van der Waals surface area contributed by atoms with E-state index in [0.717, 1.165) is 83.6 Å². The number of carbonyl (C=O) groups is 1. The summed E-state index contributed by atoms with van der Waals surface area (Å²) < 4.78 is 32.0. The number of sulfone groups is 1. The molecule has 1 saturated carbocycles. The topological polar surface area (TPSA) is 95.1 Å². The number of hydrogen-bond donors (Lipinski definition) is 1. The Morgan fingerprint density at radius 3 is 2.38 bits per heavy atom. The van der Waals surface area contributed by atoms with Gasteiger partial charge in [-0.1, -0.05) is 24.3 Å². The summed E-state index contributed by atoms with van der Waals surface area (Å²) in [5.41, 5.74) is 3.95. The molecule has 0 unspecified atom stereocenters. The lowest BCUT2D eigenvalue weighted by Gasteiger charge is -2.54. The van der Waals surface area contributed by atoms with E-state index in [1.807, 2.05) is 12.1 Å². The minimum atomic E-state index is -3.54. The number of nitrogens with zero attached hydrogens (tertiary/aromatic N) is 4. The van der Waals surface area contributed by atoms with E-state index in [9.17, 15) is 13.2 Å². The Balaban J connectivity index is 0.996. The van der Waals surface area contributed by atoms with Gasteiger partial charge in [0.1, 0.15) is 6.10 Å². The molecule has 1 aliphatic carbocycles. The molecular formula is C37H47N5O4S. The quantitative estimate of drug-likeness (QED) is 0.363. The van der Waals surface area contributed by atoms with Gasteiger partial charge >= 0.3 is 6.09 Å². The number of fused-ring (bicyclic) bond motifs is 1. The number of amides is 1. The number of carbonyl (C=O) groups excluding carboxylic acids is 1. The third-order valence-electron chi connectivity index (χ3n) is 11.3. The van der Waals surface area contributed by atoms with Gasteiger partial charge in [0.15, 0.2) is 0 Å². The van der Waals surface area contributed by atoms with E-state index in [2.05, 4.69) is 56.3 Å². The average molecular weight is 658 g/mol. The highest BCUT2D eigenvalue weighted by Crippen LogP contribution is 2.54. The smallest absolute Gasteiger partial charge is 0.407 e. The van der Waals surface area contributed by atoms with Crippen LogP contribution in [-0.4, -0.2) is 88.8 Å². The number of piperidine rings is 1. The average Bonchev–Trinajstić information content (AvgIpc) is 3.55. The predicted molar refractivity (Wildman–Crippen MR) is 182 cm³/mol. The van der Waals surface area contributed by atoms with Gasteiger partial charge in [0.25, 0.3) is 0 Å². The van der Waals surface area contributed by atoms with Crippen molar-refractivity contribution >= 4 is 21.6 Å². The second-order valence-corrected chi connectivity index (χ2v) is 16.1. The van der Waals surface area contributed by atoms with Crippen molar-refractivity contribution in [1.29, 1.82) is 0 Å². The number of ether oxygens (including phenoxy) is 1. The summed E-state index contributed by atoms with van der Waals surface area (Å²) in [7, 11) is 0.354. The van der Waals surface area contributed by atoms with Crippen molar-refractivity contribution in [2.75, 3.05) is 58.3 Å². The molecule has 1 amide bonds. The highest BCUT2D eigenvalue weighted by atomic mass is 32.2. The predicted octanol–water partition coefficient (Wildman–Crippen LogP) is 4.97. The van der Waals surface area contributed by atoms with Crippen LogP contribution in [0, 0.1) is 17.8 Å². The number of likely N-dealkylation sites (tertiary alicyclic amines) is 1. The minimum absolute atomic E-state index is 0.0326. The largest absolute Gasteiger partial charge is 0.446 e. The van der Waals surface area contributed by atoms with E-state index < -0.39 is 9.84 Å². The van der Waals surface area contributed by atoms with Gasteiger partial charge in [-0.15, -0.1) is 0 Å². The van der Waals surface area contributed by atoms with Gasteiger partial charge in [0.2, 0.25) is 9.84 Å². The lowest BCUT2D eigenvalue weighted by molar-refractivity contribution is -0.0106. The highest BCUT2D eigenvalue weighted by Gasteiger charge is 2.55. The monoisotopic (exact) mass is 657 g/mol. The molecule has 4 aliphatic rings. The molecule has 0 spiro atoms. The van der Waals surface area contributed by atoms with E-state index >= 15 is 0 Å². The number of nitrogens with one attached hydrogen (secondary N) is 1. The van der Waals surface area contributed by atoms with Crippen LogP contribution in [0.3, 0.4) is 0 Å². The summed E-state index contributed by atoms with van der Waals surface area (Å²) in [4.78, 5) is 24.4. The fraction of sp³-hybridized carbons (Fsp3) is 0.514. The van der Waals surface area contributed by atoms with Gasteiger partial charge in [-0.2, -0.15) is 0 Å². The van der Waals surface area contributed by atoms with Crippen LogP contribution in [0.1, 0.15) is 43.2 Å². The molecule has 9 nitrogen and oxygen atoms in total. The molecule has 3 aromatic rings. The van der Waals surface area contributed by atoms with Crippen LogP contribution >= 0.6 is 0 Å². The summed E-state index contributed by atoms with van der Waals surface area (Å²) in [6.07, 6.45) is 8.06. The van der Waals surface area contributed by atoms with Crippen LogP contribution in [0.4, 0.5) is 10.5 Å². The lowest BCUT2D eigenvalue weighted by Crippen LogP contribution is -2.58. The molecule has 7 rings (SSSR count). The van der Waals surface area contributed by atoms with E-state index in [0.29, 0.717) is 22.6 Å². The minimum Gasteiger partial charge on any atom is -0.446 e. The summed E-state index contributed by atoms with van der Waals surface area (Å²) in [5, 5.41) is 2.69. The SMILES string of the molecule is CNC(=O)O[C@@H]1CCC[C@H]1[C@@]1(C2CCN(CC3CN(c4ccc(S(=O)(=O)c5ccncc5)cc4)C3)CC2)CN(C)Cc2ccccc21. The molecule has 3 fully saturated rings. The number of alkyl carbamates (subject to hydrolysis) is 1. The van der Waals surface area contributed by atoms with Crippen LogP contribution in [0.2, 0.25) is 0 Å². The van der Waals surface area contributed by atoms with Crippen LogP contribution in [0.5, 0.6) is 0 Å². The second kappa shape index (κ2) is 13.2. The Kier molecular flexibility index (Phi) is 9.02. The van der Waals surface area contributed by atoms with Gasteiger partial charge in [0.05, 0.1) is 9.79 Å². The molecule has 4 heterocycles. The number of aromatic nitrogens is 1. The molecule has 0 bridgehead atoms. The maximum Gasteiger partial charge on any atom is 0.407 e. The van der Waals surface area contributed by atoms with Crippen LogP contribution in [0.15, 0.2) is 82.8 Å². The summed E-state index contributed by atoms with van der Waals surface area (Å²) in [6.45, 7) is 7.21. The van der Waals surface area contributed by atoms with Gasteiger partial charge in [-0.05, 0) is 106 Å². The third-order valence-corrected chi connectivity index (χ3v) is 13.1. The first-order valence-electron chi connectivity index (χ1n) is 17.2. The van der Waals surface area contributed by atoms with E-state index in [4.69, 9.17) is 4.74 Å². The van der Waals surface area contributed by atoms with Crippen LogP contribution in [0.25, 0.3) is 0 Å². The zero-order valence-corrected chi connectivity index (χ0v) is 28.4. The van der Waals surface area contributed by atoms with Gasteiger partial charge < -0.3 is 24.8 Å². The van der Waals surface area contributed by atoms with Crippen molar-refractivity contribution in [3.05, 3.63) is 84.2 Å². The first-order valence-corrected chi connectivity index (χ1v) is 18.6. The Morgan fingerprint density at radius 2 is 1.66 bits per heavy atom. The Morgan fingerprint density at radius 1 is 0.957 bits per heavy atom. The number of likely N-dealkylation sites (N-methyl/N-ethyl adjacent to an activating group) is 1. The highest BCUT2D eigenvalue weighted by molar-refractivity contribution is 7.91. The molecule has 10 heteroatoms. The van der Waals surface area contributed by atoms with Gasteiger partial charge in [-0.25, -0.2) is 13.2 Å². The van der Waals surface area contributed by atoms with Crippen molar-refractivity contribution < 1.29 is 17.9 Å². The molecule has 2 aromatic carbocycles. The number of rotatable bonds is 8.